The molecule has 0 aliphatic heterocycles. The monoisotopic (exact) mass is 499 g/mol. The number of benzene rings is 1. The zero-order valence-electron chi connectivity index (χ0n) is 19.5. The van der Waals surface area contributed by atoms with Crippen molar-refractivity contribution in [3.63, 3.8) is 0 Å². The van der Waals surface area contributed by atoms with E-state index >= 15 is 0 Å². The Morgan fingerprint density at radius 3 is 1.83 bits per heavy atom. The number of rotatable bonds is 19. The summed E-state index contributed by atoms with van der Waals surface area (Å²) in [6.07, 6.45) is -1.41. The summed E-state index contributed by atoms with van der Waals surface area (Å²) >= 11 is 0. The van der Waals surface area contributed by atoms with E-state index < -0.39 is 55.9 Å². The highest BCUT2D eigenvalue weighted by molar-refractivity contribution is 5.75. The Bertz CT molecular complexity index is 823. The molecule has 0 saturated carbocycles. The second kappa shape index (κ2) is 15.7. The van der Waals surface area contributed by atoms with Gasteiger partial charge in [0.25, 0.3) is 0 Å². The van der Waals surface area contributed by atoms with Crippen molar-refractivity contribution in [3.8, 4) is 0 Å². The topological polar surface area (TPSA) is 188 Å². The van der Waals surface area contributed by atoms with Gasteiger partial charge in [-0.05, 0) is 6.54 Å². The molecule has 0 saturated heterocycles. The number of aliphatic carboxylic acids is 4. The zero-order chi connectivity index (χ0) is 26.4. The number of carboxylic acid groups (broad SMARTS) is 4. The standard InChI is InChI=1S/C22H33N3O10/c1-2-23(12-18(26)27)8-9-24(13-19(28)29)10-11-25(14-20(30)31)17(21(32)33)15-35-22(34)16-6-4-3-5-7-16/h3-7,17,22,34H,2,8-15H2,1H3,(H,26,27)(H,28,29)(H,30,31)(H,32,33). The number of carbonyl (C=O) groups is 4. The molecular formula is C22H33N3O10. The second-order valence-electron chi connectivity index (χ2n) is 7.75. The minimum absolute atomic E-state index is 0.00915. The summed E-state index contributed by atoms with van der Waals surface area (Å²) in [7, 11) is 0. The number of hydrogen-bond donors (Lipinski definition) is 5. The van der Waals surface area contributed by atoms with Gasteiger partial charge in [0.05, 0.1) is 26.2 Å². The van der Waals surface area contributed by atoms with Crippen LogP contribution in [-0.2, 0) is 23.9 Å². The molecule has 13 nitrogen and oxygen atoms in total. The first-order valence-corrected chi connectivity index (χ1v) is 10.9. The van der Waals surface area contributed by atoms with E-state index in [4.69, 9.17) is 9.84 Å². The highest BCUT2D eigenvalue weighted by Crippen LogP contribution is 2.15. The van der Waals surface area contributed by atoms with Crippen LogP contribution in [0.3, 0.4) is 0 Å². The van der Waals surface area contributed by atoms with Crippen molar-refractivity contribution in [2.24, 2.45) is 0 Å². The summed E-state index contributed by atoms with van der Waals surface area (Å²) in [6.45, 7) is 0.737. The smallest absolute Gasteiger partial charge is 0.323 e. The summed E-state index contributed by atoms with van der Waals surface area (Å²) in [5.41, 5.74) is 0.399. The van der Waals surface area contributed by atoms with Crippen LogP contribution in [0.2, 0.25) is 0 Å². The predicted molar refractivity (Wildman–Crippen MR) is 122 cm³/mol. The molecule has 2 atom stereocenters. The number of nitrogens with zero attached hydrogens (tertiary/aromatic N) is 3. The van der Waals surface area contributed by atoms with Gasteiger partial charge in [0.2, 0.25) is 0 Å². The molecule has 0 spiro atoms. The highest BCUT2D eigenvalue weighted by Gasteiger charge is 2.29. The van der Waals surface area contributed by atoms with Gasteiger partial charge in [-0.2, -0.15) is 0 Å². The van der Waals surface area contributed by atoms with E-state index in [9.17, 15) is 39.6 Å². The van der Waals surface area contributed by atoms with Crippen LogP contribution in [0.15, 0.2) is 30.3 Å². The van der Waals surface area contributed by atoms with Gasteiger partial charge in [-0.3, -0.25) is 33.9 Å². The molecule has 0 fully saturated rings. The molecule has 13 heteroatoms. The van der Waals surface area contributed by atoms with E-state index in [1.165, 1.54) is 4.90 Å². The van der Waals surface area contributed by atoms with Crippen LogP contribution in [-0.4, -0.2) is 129 Å². The molecular weight excluding hydrogens is 466 g/mol. The van der Waals surface area contributed by atoms with Crippen molar-refractivity contribution in [1.29, 1.82) is 0 Å². The van der Waals surface area contributed by atoms with Crippen LogP contribution >= 0.6 is 0 Å². The number of ether oxygens (including phenoxy) is 1. The number of aliphatic hydroxyl groups is 1. The molecule has 5 N–H and O–H groups in total. The van der Waals surface area contributed by atoms with Gasteiger partial charge < -0.3 is 30.3 Å². The summed E-state index contributed by atoms with van der Waals surface area (Å²) < 4.78 is 5.29. The van der Waals surface area contributed by atoms with E-state index in [-0.39, 0.29) is 32.7 Å². The second-order valence-corrected chi connectivity index (χ2v) is 7.75. The van der Waals surface area contributed by atoms with Gasteiger partial charge in [-0.1, -0.05) is 37.3 Å². The minimum Gasteiger partial charge on any atom is -0.480 e. The molecule has 0 aromatic heterocycles. The number of hydrogen-bond acceptors (Lipinski definition) is 9. The van der Waals surface area contributed by atoms with Gasteiger partial charge in [0.15, 0.2) is 6.29 Å². The third-order valence-corrected chi connectivity index (χ3v) is 5.16. The van der Waals surface area contributed by atoms with Gasteiger partial charge in [0, 0.05) is 31.7 Å². The lowest BCUT2D eigenvalue weighted by Gasteiger charge is -2.31. The van der Waals surface area contributed by atoms with Gasteiger partial charge in [-0.25, -0.2) is 0 Å². The van der Waals surface area contributed by atoms with Crippen molar-refractivity contribution in [2.45, 2.75) is 19.3 Å². The van der Waals surface area contributed by atoms with Crippen LogP contribution < -0.4 is 0 Å². The average molecular weight is 500 g/mol. The molecule has 1 rings (SSSR count). The maximum Gasteiger partial charge on any atom is 0.323 e. The normalized spacial score (nSPS) is 13.2. The molecule has 0 amide bonds. The van der Waals surface area contributed by atoms with Crippen LogP contribution in [0.1, 0.15) is 18.8 Å². The lowest BCUT2D eigenvalue weighted by molar-refractivity contribution is -0.157. The molecule has 2 unspecified atom stereocenters. The average Bonchev–Trinajstić information content (AvgIpc) is 2.78. The molecule has 196 valence electrons. The largest absolute Gasteiger partial charge is 0.480 e. The van der Waals surface area contributed by atoms with E-state index in [2.05, 4.69) is 0 Å². The number of aliphatic hydroxyl groups excluding tert-OH is 1. The van der Waals surface area contributed by atoms with Crippen molar-refractivity contribution < 1.29 is 49.4 Å². The third-order valence-electron chi connectivity index (χ3n) is 5.16. The molecule has 0 radical (unpaired) electrons. The van der Waals surface area contributed by atoms with Crippen molar-refractivity contribution in [1.82, 2.24) is 14.7 Å². The Balaban J connectivity index is 2.87. The van der Waals surface area contributed by atoms with Crippen molar-refractivity contribution >= 4 is 23.9 Å². The molecule has 0 aliphatic carbocycles. The fourth-order valence-corrected chi connectivity index (χ4v) is 3.30. The van der Waals surface area contributed by atoms with Crippen LogP contribution in [0.4, 0.5) is 0 Å². The maximum atomic E-state index is 11.9. The first kappa shape index (κ1) is 29.9. The zero-order valence-corrected chi connectivity index (χ0v) is 19.5. The first-order chi connectivity index (χ1) is 16.5. The SMILES string of the molecule is CCN(CCN(CCN(CC(=O)O)C(COC(O)c1ccccc1)C(=O)O)CC(=O)O)CC(=O)O. The Morgan fingerprint density at radius 2 is 1.31 bits per heavy atom. The third kappa shape index (κ3) is 12.2. The lowest BCUT2D eigenvalue weighted by Crippen LogP contribution is -2.50. The summed E-state index contributed by atoms with van der Waals surface area (Å²) in [4.78, 5) is 49.7. The summed E-state index contributed by atoms with van der Waals surface area (Å²) in [5, 5.41) is 47.3. The first-order valence-electron chi connectivity index (χ1n) is 10.9. The van der Waals surface area contributed by atoms with Crippen molar-refractivity contribution in [2.75, 3.05) is 59.0 Å². The van der Waals surface area contributed by atoms with Crippen LogP contribution in [0.5, 0.6) is 0 Å². The number of carboxylic acids is 4. The predicted octanol–water partition coefficient (Wildman–Crippen LogP) is -0.673. The quantitative estimate of drug-likeness (QED) is 0.151. The van der Waals surface area contributed by atoms with E-state index in [1.54, 1.807) is 42.2 Å². The molecule has 0 heterocycles. The van der Waals surface area contributed by atoms with Crippen LogP contribution in [0, 0.1) is 0 Å². The van der Waals surface area contributed by atoms with Gasteiger partial charge in [0.1, 0.15) is 6.04 Å². The maximum absolute atomic E-state index is 11.9. The molecule has 1 aromatic rings. The van der Waals surface area contributed by atoms with Crippen LogP contribution in [0.25, 0.3) is 0 Å². The summed E-state index contributed by atoms with van der Waals surface area (Å²) in [6, 6.07) is 6.82. The minimum atomic E-state index is -1.42. The number of likely N-dealkylation sites (N-methyl/N-ethyl adjacent to an activating group) is 1. The van der Waals surface area contributed by atoms with Crippen molar-refractivity contribution in [3.05, 3.63) is 35.9 Å². The van der Waals surface area contributed by atoms with E-state index in [0.717, 1.165) is 4.90 Å². The Morgan fingerprint density at radius 1 is 0.800 bits per heavy atom. The van der Waals surface area contributed by atoms with Gasteiger partial charge >= 0.3 is 23.9 Å². The van der Waals surface area contributed by atoms with Gasteiger partial charge in [-0.15, -0.1) is 0 Å². The molecule has 0 bridgehead atoms. The fourth-order valence-electron chi connectivity index (χ4n) is 3.30. The molecule has 0 aliphatic rings. The van der Waals surface area contributed by atoms with E-state index in [0.29, 0.717) is 12.1 Å². The molecule has 35 heavy (non-hydrogen) atoms. The Hall–Kier alpha value is -3.10. The highest BCUT2D eigenvalue weighted by atomic mass is 16.6. The summed E-state index contributed by atoms with van der Waals surface area (Å²) in [5.74, 6) is -4.82. The Kier molecular flexibility index (Phi) is 13.5. The molecule has 1 aromatic carbocycles. The Labute approximate surface area is 202 Å². The van der Waals surface area contributed by atoms with E-state index in [1.807, 2.05) is 0 Å². The lowest BCUT2D eigenvalue weighted by atomic mass is 10.2. The fraction of sp³-hybridized carbons (Fsp3) is 0.545.